The Kier molecular flexibility index (Phi) is 9.49. The number of aromatic carboxylic acids is 2. The van der Waals surface area contributed by atoms with Crippen molar-refractivity contribution in [1.82, 2.24) is 0 Å². The van der Waals surface area contributed by atoms with Crippen LogP contribution in [0.4, 0.5) is 0 Å². The van der Waals surface area contributed by atoms with Crippen molar-refractivity contribution in [1.29, 1.82) is 0 Å². The van der Waals surface area contributed by atoms with Crippen LogP contribution in [0.1, 0.15) is 96.9 Å². The molecule has 2 aromatic rings. The lowest BCUT2D eigenvalue weighted by Crippen LogP contribution is -2.16. The fourth-order valence-electron chi connectivity index (χ4n) is 3.02. The minimum atomic E-state index is -1.36. The first-order valence-electron chi connectivity index (χ1n) is 10.8. The van der Waals surface area contributed by atoms with Gasteiger partial charge in [0.05, 0.1) is 35.5 Å². The highest BCUT2D eigenvalue weighted by Gasteiger charge is 2.24. The first kappa shape index (κ1) is 26.2. The van der Waals surface area contributed by atoms with E-state index in [1.165, 1.54) is 12.1 Å². The molecule has 0 unspecified atom stereocenters. The highest BCUT2D eigenvalue weighted by atomic mass is 16.5. The van der Waals surface area contributed by atoms with E-state index in [0.717, 1.165) is 37.1 Å². The third-order valence-corrected chi connectivity index (χ3v) is 4.93. The van der Waals surface area contributed by atoms with Gasteiger partial charge in [-0.15, -0.1) is 0 Å². The Bertz CT molecular complexity index is 1020. The molecule has 0 atom stereocenters. The minimum absolute atomic E-state index is 0.0270. The smallest absolute Gasteiger partial charge is 0.339 e. The molecule has 9 heteroatoms. The Morgan fingerprint density at radius 2 is 1.03 bits per heavy atom. The molecule has 9 nitrogen and oxygen atoms in total. The topological polar surface area (TPSA) is 144 Å². The van der Waals surface area contributed by atoms with Gasteiger partial charge in [-0.2, -0.15) is 0 Å². The van der Waals surface area contributed by atoms with Crippen molar-refractivity contribution in [2.45, 2.75) is 39.5 Å². The molecule has 0 aliphatic heterocycles. The van der Waals surface area contributed by atoms with Gasteiger partial charge in [0.1, 0.15) is 0 Å². The molecule has 0 radical (unpaired) electrons. The average molecular weight is 470 g/mol. The molecule has 180 valence electrons. The zero-order valence-corrected chi connectivity index (χ0v) is 19.0. The second kappa shape index (κ2) is 12.3. The third-order valence-electron chi connectivity index (χ3n) is 4.93. The van der Waals surface area contributed by atoms with E-state index in [-0.39, 0.29) is 46.6 Å². The SMILES string of the molecule is CCCCOC(=O)c1cc(C(=O)c2ccc(C(=O)O)c(C(=O)OCCCC)c2)ccc1C(=O)O. The van der Waals surface area contributed by atoms with Crippen molar-refractivity contribution in [3.8, 4) is 0 Å². The van der Waals surface area contributed by atoms with Gasteiger partial charge in [0.2, 0.25) is 0 Å². The molecule has 0 aliphatic rings. The van der Waals surface area contributed by atoms with Crippen molar-refractivity contribution >= 4 is 29.7 Å². The van der Waals surface area contributed by atoms with Gasteiger partial charge in [0.25, 0.3) is 0 Å². The van der Waals surface area contributed by atoms with Crippen LogP contribution in [-0.2, 0) is 9.47 Å². The maximum Gasteiger partial charge on any atom is 0.339 e. The average Bonchev–Trinajstić information content (AvgIpc) is 2.82. The van der Waals surface area contributed by atoms with E-state index in [0.29, 0.717) is 12.8 Å². The van der Waals surface area contributed by atoms with Crippen molar-refractivity contribution < 1.29 is 43.7 Å². The molecule has 2 N–H and O–H groups in total. The van der Waals surface area contributed by atoms with Crippen LogP contribution in [0.2, 0.25) is 0 Å². The zero-order chi connectivity index (χ0) is 25.3. The molecule has 0 spiro atoms. The molecular weight excluding hydrogens is 444 g/mol. The van der Waals surface area contributed by atoms with Crippen molar-refractivity contribution in [2.24, 2.45) is 0 Å². The van der Waals surface area contributed by atoms with Crippen molar-refractivity contribution in [2.75, 3.05) is 13.2 Å². The van der Waals surface area contributed by atoms with E-state index in [2.05, 4.69) is 0 Å². The number of esters is 2. The van der Waals surface area contributed by atoms with Crippen LogP contribution < -0.4 is 0 Å². The summed E-state index contributed by atoms with van der Waals surface area (Å²) in [4.78, 5) is 61.0. The van der Waals surface area contributed by atoms with E-state index in [1.54, 1.807) is 0 Å². The van der Waals surface area contributed by atoms with Gasteiger partial charge in [0.15, 0.2) is 5.78 Å². The predicted octanol–water partition coefficient (Wildman–Crippen LogP) is 4.23. The third kappa shape index (κ3) is 6.50. The second-order valence-corrected chi connectivity index (χ2v) is 7.44. The molecular formula is C25H26O9. The number of ether oxygens (including phenoxy) is 2. The number of unbranched alkanes of at least 4 members (excludes halogenated alkanes) is 2. The summed E-state index contributed by atoms with van der Waals surface area (Å²) in [7, 11) is 0. The van der Waals surface area contributed by atoms with Gasteiger partial charge in [-0.25, -0.2) is 19.2 Å². The number of hydrogen-bond acceptors (Lipinski definition) is 7. The lowest BCUT2D eigenvalue weighted by atomic mass is 9.95. The van der Waals surface area contributed by atoms with Gasteiger partial charge in [-0.1, -0.05) is 38.8 Å². The quantitative estimate of drug-likeness (QED) is 0.264. The molecule has 0 amide bonds. The monoisotopic (exact) mass is 470 g/mol. The summed E-state index contributed by atoms with van der Waals surface area (Å²) in [5.41, 5.74) is -1.26. The maximum atomic E-state index is 13.1. The highest BCUT2D eigenvalue weighted by molar-refractivity contribution is 6.13. The Morgan fingerprint density at radius 3 is 1.35 bits per heavy atom. The van der Waals surface area contributed by atoms with Crippen LogP contribution in [0.5, 0.6) is 0 Å². The summed E-state index contributed by atoms with van der Waals surface area (Å²) in [5, 5.41) is 18.8. The molecule has 2 aromatic carbocycles. The standard InChI is InChI=1S/C25H26O9/c1-3-5-11-33-24(31)19-13-15(7-9-17(19)22(27)28)21(26)16-8-10-18(23(29)30)20(14-16)25(32)34-12-6-4-2/h7-10,13-14H,3-6,11-12H2,1-2H3,(H,27,28)(H,29,30). The molecule has 0 aromatic heterocycles. The Labute approximate surface area is 196 Å². The minimum Gasteiger partial charge on any atom is -0.478 e. The molecule has 0 heterocycles. The number of rotatable bonds is 12. The van der Waals surface area contributed by atoms with Gasteiger partial charge >= 0.3 is 23.9 Å². The van der Waals surface area contributed by atoms with E-state index in [1.807, 2.05) is 13.8 Å². The number of ketones is 1. The Morgan fingerprint density at radius 1 is 0.647 bits per heavy atom. The van der Waals surface area contributed by atoms with Gasteiger partial charge < -0.3 is 19.7 Å². The molecule has 0 aliphatic carbocycles. The first-order chi connectivity index (χ1) is 16.2. The lowest BCUT2D eigenvalue weighted by molar-refractivity contribution is 0.0484. The van der Waals surface area contributed by atoms with Crippen molar-refractivity contribution in [3.05, 3.63) is 69.8 Å². The molecule has 34 heavy (non-hydrogen) atoms. The Balaban J connectivity index is 2.44. The summed E-state index contributed by atoms with van der Waals surface area (Å²) < 4.78 is 10.2. The molecule has 0 saturated heterocycles. The summed E-state index contributed by atoms with van der Waals surface area (Å²) in [5.74, 6) is -5.10. The number of hydrogen-bond donors (Lipinski definition) is 2. The van der Waals surface area contributed by atoms with Gasteiger partial charge in [-0.05, 0) is 37.1 Å². The zero-order valence-electron chi connectivity index (χ0n) is 19.0. The number of carbonyl (C=O) groups excluding carboxylic acids is 3. The van der Waals surface area contributed by atoms with E-state index < -0.39 is 29.7 Å². The Hall–Kier alpha value is -4.01. The molecule has 2 rings (SSSR count). The maximum absolute atomic E-state index is 13.1. The van der Waals surface area contributed by atoms with E-state index in [4.69, 9.17) is 9.47 Å². The van der Waals surface area contributed by atoms with Crippen LogP contribution >= 0.6 is 0 Å². The van der Waals surface area contributed by atoms with Crippen LogP contribution in [0.3, 0.4) is 0 Å². The number of carbonyl (C=O) groups is 5. The lowest BCUT2D eigenvalue weighted by Gasteiger charge is -2.11. The van der Waals surface area contributed by atoms with Crippen molar-refractivity contribution in [3.63, 3.8) is 0 Å². The molecule has 0 saturated carbocycles. The van der Waals surface area contributed by atoms with Gasteiger partial charge in [0, 0.05) is 11.1 Å². The van der Waals surface area contributed by atoms with Crippen LogP contribution in [-0.4, -0.2) is 53.1 Å². The molecule has 0 bridgehead atoms. The summed E-state index contributed by atoms with van der Waals surface area (Å²) >= 11 is 0. The summed E-state index contributed by atoms with van der Waals surface area (Å²) in [6.07, 6.45) is 2.74. The van der Waals surface area contributed by atoms with E-state index in [9.17, 15) is 34.2 Å². The largest absolute Gasteiger partial charge is 0.478 e. The fourth-order valence-corrected chi connectivity index (χ4v) is 3.02. The summed E-state index contributed by atoms with van der Waals surface area (Å²) in [6.45, 7) is 4.01. The molecule has 0 fully saturated rings. The van der Waals surface area contributed by atoms with E-state index >= 15 is 0 Å². The van der Waals surface area contributed by atoms with Crippen LogP contribution in [0.25, 0.3) is 0 Å². The predicted molar refractivity (Wildman–Crippen MR) is 121 cm³/mol. The second-order valence-electron chi connectivity index (χ2n) is 7.44. The number of carboxylic acids is 2. The number of benzene rings is 2. The highest BCUT2D eigenvalue weighted by Crippen LogP contribution is 2.20. The number of carboxylic acid groups (broad SMARTS) is 2. The van der Waals surface area contributed by atoms with Crippen LogP contribution in [0, 0.1) is 0 Å². The van der Waals surface area contributed by atoms with Crippen LogP contribution in [0.15, 0.2) is 36.4 Å². The summed E-state index contributed by atoms with van der Waals surface area (Å²) in [6, 6.07) is 6.95. The normalized spacial score (nSPS) is 10.4. The first-order valence-corrected chi connectivity index (χ1v) is 10.8. The van der Waals surface area contributed by atoms with Gasteiger partial charge in [-0.3, -0.25) is 4.79 Å². The fraction of sp³-hybridized carbons (Fsp3) is 0.320.